The van der Waals surface area contributed by atoms with Crippen LogP contribution in [0.25, 0.3) is 0 Å². The van der Waals surface area contributed by atoms with Crippen LogP contribution >= 0.6 is 0 Å². The van der Waals surface area contributed by atoms with Gasteiger partial charge in [0.05, 0.1) is 18.7 Å². The summed E-state index contributed by atoms with van der Waals surface area (Å²) in [6.07, 6.45) is -1.52. The fourth-order valence-corrected chi connectivity index (χ4v) is 4.12. The first kappa shape index (κ1) is 19.5. The second kappa shape index (κ2) is 7.57. The molecule has 0 saturated carbocycles. The monoisotopic (exact) mass is 371 g/mol. The Balaban J connectivity index is 1.79. The summed E-state index contributed by atoms with van der Waals surface area (Å²) >= 11 is 0. The minimum Gasteiger partial charge on any atom is -0.341 e. The Labute approximate surface area is 140 Å². The normalized spacial score (nSPS) is 25.0. The van der Waals surface area contributed by atoms with Gasteiger partial charge in [-0.3, -0.25) is 9.69 Å². The number of hydrogen-bond donors (Lipinski definition) is 1. The first-order valence-electron chi connectivity index (χ1n) is 8.09. The number of rotatable bonds is 4. The molecule has 0 aromatic carbocycles. The van der Waals surface area contributed by atoms with Crippen LogP contribution in [-0.2, 0) is 14.8 Å². The number of halogens is 3. The van der Waals surface area contributed by atoms with Gasteiger partial charge in [0.15, 0.2) is 0 Å². The third-order valence-electron chi connectivity index (χ3n) is 4.56. The first-order valence-corrected chi connectivity index (χ1v) is 9.98. The van der Waals surface area contributed by atoms with Crippen molar-refractivity contribution in [1.82, 2.24) is 14.5 Å². The van der Waals surface area contributed by atoms with Gasteiger partial charge in [-0.2, -0.15) is 13.2 Å². The molecular weight excluding hydrogens is 347 g/mol. The second-order valence-electron chi connectivity index (χ2n) is 6.66. The average molecular weight is 371 g/mol. The standard InChI is InChI=1S/C14H24F3N3O3S/c1-24(22,23)18-12-4-7-19(8-5-12)10-13(21)20-6-2-3-11(9-20)14(15,16)17/h11-12,18H,2-10H2,1H3. The van der Waals surface area contributed by atoms with Crippen molar-refractivity contribution in [3.05, 3.63) is 0 Å². The van der Waals surface area contributed by atoms with E-state index in [4.69, 9.17) is 0 Å². The number of carbonyl (C=O) groups excluding carboxylic acids is 1. The van der Waals surface area contributed by atoms with E-state index in [-0.39, 0.29) is 31.5 Å². The zero-order valence-electron chi connectivity index (χ0n) is 13.7. The number of sulfonamides is 1. The summed E-state index contributed by atoms with van der Waals surface area (Å²) in [4.78, 5) is 15.4. The number of alkyl halides is 3. The topological polar surface area (TPSA) is 69.7 Å². The van der Waals surface area contributed by atoms with Gasteiger partial charge in [0.25, 0.3) is 0 Å². The SMILES string of the molecule is CS(=O)(=O)NC1CCN(CC(=O)N2CCCC(C(F)(F)F)C2)CC1. The van der Waals surface area contributed by atoms with Crippen molar-refractivity contribution in [3.63, 3.8) is 0 Å². The van der Waals surface area contributed by atoms with Gasteiger partial charge in [-0.25, -0.2) is 13.1 Å². The number of carbonyl (C=O) groups is 1. The van der Waals surface area contributed by atoms with Crippen LogP contribution in [0, 0.1) is 5.92 Å². The van der Waals surface area contributed by atoms with Crippen molar-refractivity contribution < 1.29 is 26.4 Å². The van der Waals surface area contributed by atoms with E-state index in [1.54, 1.807) is 0 Å². The lowest BCUT2D eigenvalue weighted by Gasteiger charge is -2.36. The molecule has 2 aliphatic rings. The molecule has 10 heteroatoms. The predicted molar refractivity (Wildman–Crippen MR) is 82.8 cm³/mol. The highest BCUT2D eigenvalue weighted by Gasteiger charge is 2.42. The van der Waals surface area contributed by atoms with E-state index in [2.05, 4.69) is 4.72 Å². The van der Waals surface area contributed by atoms with E-state index in [1.807, 2.05) is 4.90 Å². The highest BCUT2D eigenvalue weighted by atomic mass is 32.2. The average Bonchev–Trinajstić information content (AvgIpc) is 2.47. The Kier molecular flexibility index (Phi) is 6.14. The Morgan fingerprint density at radius 1 is 1.17 bits per heavy atom. The molecule has 0 spiro atoms. The Bertz CT molecular complexity index is 545. The van der Waals surface area contributed by atoms with Crippen LogP contribution < -0.4 is 4.72 Å². The largest absolute Gasteiger partial charge is 0.393 e. The number of amides is 1. The second-order valence-corrected chi connectivity index (χ2v) is 8.44. The summed E-state index contributed by atoms with van der Waals surface area (Å²) in [6.45, 7) is 1.31. The van der Waals surface area contributed by atoms with E-state index in [0.29, 0.717) is 38.9 Å². The number of nitrogens with zero attached hydrogens (tertiary/aromatic N) is 2. The maximum Gasteiger partial charge on any atom is 0.393 e. The van der Waals surface area contributed by atoms with Crippen LogP contribution in [0.3, 0.4) is 0 Å². The lowest BCUT2D eigenvalue weighted by molar-refractivity contribution is -0.188. The minimum atomic E-state index is -4.26. The highest BCUT2D eigenvalue weighted by molar-refractivity contribution is 7.88. The molecule has 0 aromatic heterocycles. The van der Waals surface area contributed by atoms with Crippen molar-refractivity contribution in [2.75, 3.05) is 39.0 Å². The molecule has 2 rings (SSSR count). The fraction of sp³-hybridized carbons (Fsp3) is 0.929. The fourth-order valence-electron chi connectivity index (χ4n) is 3.27. The van der Waals surface area contributed by atoms with Crippen molar-refractivity contribution in [1.29, 1.82) is 0 Å². The zero-order chi connectivity index (χ0) is 18.0. The molecule has 6 nitrogen and oxygen atoms in total. The van der Waals surface area contributed by atoms with E-state index >= 15 is 0 Å². The van der Waals surface area contributed by atoms with Crippen molar-refractivity contribution in [3.8, 4) is 0 Å². The molecular formula is C14H24F3N3O3S. The van der Waals surface area contributed by atoms with Gasteiger partial charge in [-0.05, 0) is 25.7 Å². The van der Waals surface area contributed by atoms with Gasteiger partial charge in [0.1, 0.15) is 0 Å². The van der Waals surface area contributed by atoms with Crippen LogP contribution in [0.4, 0.5) is 13.2 Å². The Morgan fingerprint density at radius 3 is 2.33 bits per heavy atom. The predicted octanol–water partition coefficient (Wildman–Crippen LogP) is 0.801. The third-order valence-corrected chi connectivity index (χ3v) is 5.33. The van der Waals surface area contributed by atoms with Gasteiger partial charge in [-0.15, -0.1) is 0 Å². The summed E-state index contributed by atoms with van der Waals surface area (Å²) in [5, 5.41) is 0. The van der Waals surface area contributed by atoms with Crippen molar-refractivity contribution in [2.45, 2.75) is 37.9 Å². The molecule has 0 radical (unpaired) electrons. The minimum absolute atomic E-state index is 0.0792. The smallest absolute Gasteiger partial charge is 0.341 e. The molecule has 2 aliphatic heterocycles. The number of piperidine rings is 2. The quantitative estimate of drug-likeness (QED) is 0.794. The van der Waals surface area contributed by atoms with Crippen LogP contribution in [0.2, 0.25) is 0 Å². The van der Waals surface area contributed by atoms with E-state index in [1.165, 1.54) is 4.90 Å². The molecule has 0 bridgehead atoms. The van der Waals surface area contributed by atoms with Gasteiger partial charge < -0.3 is 4.90 Å². The lowest BCUT2D eigenvalue weighted by atomic mass is 9.97. The molecule has 1 unspecified atom stereocenters. The molecule has 1 amide bonds. The number of nitrogens with one attached hydrogen (secondary N) is 1. The van der Waals surface area contributed by atoms with E-state index in [0.717, 1.165) is 6.26 Å². The van der Waals surface area contributed by atoms with E-state index < -0.39 is 22.1 Å². The molecule has 24 heavy (non-hydrogen) atoms. The van der Waals surface area contributed by atoms with Crippen LogP contribution in [0.1, 0.15) is 25.7 Å². The summed E-state index contributed by atoms with van der Waals surface area (Å²) in [7, 11) is -3.25. The van der Waals surface area contributed by atoms with Crippen LogP contribution in [0.5, 0.6) is 0 Å². The van der Waals surface area contributed by atoms with Crippen LogP contribution in [-0.4, -0.2) is 75.3 Å². The Hall–Kier alpha value is -0.870. The molecule has 2 heterocycles. The lowest BCUT2D eigenvalue weighted by Crippen LogP contribution is -2.50. The maximum absolute atomic E-state index is 12.8. The molecule has 1 atom stereocenters. The van der Waals surface area contributed by atoms with Gasteiger partial charge in [-0.1, -0.05) is 0 Å². The molecule has 140 valence electrons. The first-order chi connectivity index (χ1) is 11.0. The number of hydrogen-bond acceptors (Lipinski definition) is 4. The van der Waals surface area contributed by atoms with E-state index in [9.17, 15) is 26.4 Å². The molecule has 2 fully saturated rings. The summed E-state index contributed by atoms with van der Waals surface area (Å²) in [5.74, 6) is -1.71. The molecule has 0 aromatic rings. The summed E-state index contributed by atoms with van der Waals surface area (Å²) in [6, 6.07) is -0.143. The van der Waals surface area contributed by atoms with Crippen molar-refractivity contribution in [2.24, 2.45) is 5.92 Å². The molecule has 0 aliphatic carbocycles. The third kappa shape index (κ3) is 5.89. The number of likely N-dealkylation sites (tertiary alicyclic amines) is 2. The summed E-state index contributed by atoms with van der Waals surface area (Å²) < 4.78 is 63.4. The summed E-state index contributed by atoms with van der Waals surface area (Å²) in [5.41, 5.74) is 0. The van der Waals surface area contributed by atoms with Gasteiger partial charge >= 0.3 is 6.18 Å². The van der Waals surface area contributed by atoms with Gasteiger partial charge in [0.2, 0.25) is 15.9 Å². The zero-order valence-corrected chi connectivity index (χ0v) is 14.5. The molecule has 2 saturated heterocycles. The molecule has 1 N–H and O–H groups in total. The van der Waals surface area contributed by atoms with Crippen LogP contribution in [0.15, 0.2) is 0 Å². The van der Waals surface area contributed by atoms with Crippen molar-refractivity contribution >= 4 is 15.9 Å². The Morgan fingerprint density at radius 2 is 1.79 bits per heavy atom. The highest BCUT2D eigenvalue weighted by Crippen LogP contribution is 2.33. The van der Waals surface area contributed by atoms with Gasteiger partial charge in [0, 0.05) is 32.2 Å². The maximum atomic E-state index is 12.8.